The fraction of sp³-hybridized carbons (Fsp3) is 0.643. The van der Waals surface area contributed by atoms with Crippen molar-refractivity contribution in [1.82, 2.24) is 5.32 Å². The summed E-state index contributed by atoms with van der Waals surface area (Å²) in [5.41, 5.74) is 7.00. The summed E-state index contributed by atoms with van der Waals surface area (Å²) < 4.78 is 22.3. The maximum absolute atomic E-state index is 11.8. The van der Waals surface area contributed by atoms with Crippen LogP contribution >= 0.6 is 0 Å². The SMILES string of the molecule is CC(=C\C(C)C(=O)NCCCN)/C=C(\C)CS(C)(=O)=O. The Kier molecular flexibility index (Phi) is 8.41. The number of nitrogens with two attached hydrogens (primary N) is 1. The fourth-order valence-electron chi connectivity index (χ4n) is 1.84. The average molecular weight is 302 g/mol. The van der Waals surface area contributed by atoms with Gasteiger partial charge in [0, 0.05) is 12.8 Å². The van der Waals surface area contributed by atoms with Gasteiger partial charge in [-0.15, -0.1) is 0 Å². The van der Waals surface area contributed by atoms with Gasteiger partial charge < -0.3 is 11.1 Å². The van der Waals surface area contributed by atoms with E-state index in [1.54, 1.807) is 19.9 Å². The Morgan fingerprint density at radius 1 is 1.35 bits per heavy atom. The van der Waals surface area contributed by atoms with Gasteiger partial charge in [-0.25, -0.2) is 8.42 Å². The highest BCUT2D eigenvalue weighted by molar-refractivity contribution is 7.90. The highest BCUT2D eigenvalue weighted by Crippen LogP contribution is 2.08. The van der Waals surface area contributed by atoms with Gasteiger partial charge in [0.2, 0.25) is 5.91 Å². The summed E-state index contributed by atoms with van der Waals surface area (Å²) in [5.74, 6) is -0.267. The quantitative estimate of drug-likeness (QED) is 0.517. The zero-order valence-corrected chi connectivity index (χ0v) is 13.6. The summed E-state index contributed by atoms with van der Waals surface area (Å²) in [6, 6.07) is 0. The van der Waals surface area contributed by atoms with Crippen LogP contribution in [0.15, 0.2) is 23.3 Å². The van der Waals surface area contributed by atoms with Crippen molar-refractivity contribution in [2.75, 3.05) is 25.1 Å². The lowest BCUT2D eigenvalue weighted by molar-refractivity contribution is -0.123. The molecular formula is C14H26N2O3S. The Bertz CT molecular complexity index is 479. The third-order valence-electron chi connectivity index (χ3n) is 2.57. The van der Waals surface area contributed by atoms with E-state index in [0.717, 1.165) is 17.6 Å². The van der Waals surface area contributed by atoms with E-state index in [1.165, 1.54) is 6.26 Å². The molecule has 116 valence electrons. The maximum atomic E-state index is 11.8. The fourth-order valence-corrected chi connectivity index (χ4v) is 2.75. The second-order valence-corrected chi connectivity index (χ2v) is 7.33. The number of carbonyl (C=O) groups excluding carboxylic acids is 1. The van der Waals surface area contributed by atoms with E-state index in [1.807, 2.05) is 13.0 Å². The maximum Gasteiger partial charge on any atom is 0.226 e. The first-order chi connectivity index (χ1) is 9.15. The van der Waals surface area contributed by atoms with Crippen LogP contribution in [0.4, 0.5) is 0 Å². The molecule has 0 saturated carbocycles. The minimum Gasteiger partial charge on any atom is -0.356 e. The summed E-state index contributed by atoms with van der Waals surface area (Å²) in [4.78, 5) is 11.8. The van der Waals surface area contributed by atoms with Crippen LogP contribution < -0.4 is 11.1 Å². The van der Waals surface area contributed by atoms with Crippen molar-refractivity contribution in [3.63, 3.8) is 0 Å². The van der Waals surface area contributed by atoms with Gasteiger partial charge in [-0.3, -0.25) is 4.79 Å². The molecule has 0 aromatic heterocycles. The number of amides is 1. The van der Waals surface area contributed by atoms with Crippen molar-refractivity contribution in [2.45, 2.75) is 27.2 Å². The molecule has 1 unspecified atom stereocenters. The standard InChI is InChI=1S/C14H26N2O3S/c1-11(8-12(2)10-20(4,18)19)9-13(3)14(17)16-7-5-6-15/h8-9,13H,5-7,10,15H2,1-4H3,(H,16,17)/b11-9+,12-8+. The molecule has 1 atom stereocenters. The highest BCUT2D eigenvalue weighted by Gasteiger charge is 2.09. The molecule has 0 aliphatic carbocycles. The molecule has 1 amide bonds. The average Bonchev–Trinajstić information content (AvgIpc) is 2.25. The number of nitrogens with one attached hydrogen (secondary N) is 1. The summed E-state index contributed by atoms with van der Waals surface area (Å²) in [5, 5.41) is 2.80. The van der Waals surface area contributed by atoms with Gasteiger partial charge >= 0.3 is 0 Å². The predicted octanol–water partition coefficient (Wildman–Crippen LogP) is 1.02. The number of sulfone groups is 1. The molecule has 0 saturated heterocycles. The zero-order chi connectivity index (χ0) is 15.8. The van der Waals surface area contributed by atoms with Crippen molar-refractivity contribution in [3.05, 3.63) is 23.3 Å². The Hall–Kier alpha value is -1.14. The van der Waals surface area contributed by atoms with Crippen molar-refractivity contribution >= 4 is 15.7 Å². The van der Waals surface area contributed by atoms with E-state index < -0.39 is 9.84 Å². The molecule has 0 heterocycles. The lowest BCUT2D eigenvalue weighted by Crippen LogP contribution is -2.30. The monoisotopic (exact) mass is 302 g/mol. The van der Waals surface area contributed by atoms with E-state index in [4.69, 9.17) is 5.73 Å². The molecule has 0 aromatic rings. The Morgan fingerprint density at radius 3 is 2.45 bits per heavy atom. The molecule has 0 aromatic carbocycles. The lowest BCUT2D eigenvalue weighted by Gasteiger charge is -2.09. The summed E-state index contributed by atoms with van der Waals surface area (Å²) in [6.45, 7) is 6.56. The Labute approximate surface area is 122 Å². The molecule has 0 radical (unpaired) electrons. The van der Waals surface area contributed by atoms with E-state index in [0.29, 0.717) is 13.1 Å². The smallest absolute Gasteiger partial charge is 0.226 e. The van der Waals surface area contributed by atoms with Crippen molar-refractivity contribution in [3.8, 4) is 0 Å². The number of hydrogen-bond acceptors (Lipinski definition) is 4. The van der Waals surface area contributed by atoms with Gasteiger partial charge in [0.25, 0.3) is 0 Å². The van der Waals surface area contributed by atoms with Crippen molar-refractivity contribution in [1.29, 1.82) is 0 Å². The number of rotatable bonds is 8. The molecule has 0 rings (SSSR count). The molecule has 3 N–H and O–H groups in total. The summed E-state index contributed by atoms with van der Waals surface area (Å²) >= 11 is 0. The second kappa shape index (κ2) is 8.92. The Morgan fingerprint density at radius 2 is 1.95 bits per heavy atom. The van der Waals surface area contributed by atoms with Crippen molar-refractivity contribution in [2.24, 2.45) is 11.7 Å². The summed E-state index contributed by atoms with van der Waals surface area (Å²) in [7, 11) is -3.02. The van der Waals surface area contributed by atoms with Gasteiger partial charge in [0.15, 0.2) is 9.84 Å². The van der Waals surface area contributed by atoms with Gasteiger partial charge in [-0.1, -0.05) is 30.2 Å². The first kappa shape index (κ1) is 18.9. The lowest BCUT2D eigenvalue weighted by atomic mass is 10.1. The topological polar surface area (TPSA) is 89.3 Å². The first-order valence-electron chi connectivity index (χ1n) is 6.67. The molecule has 6 heteroatoms. The van der Waals surface area contributed by atoms with Crippen LogP contribution in [0.5, 0.6) is 0 Å². The second-order valence-electron chi connectivity index (χ2n) is 5.19. The van der Waals surface area contributed by atoms with E-state index in [2.05, 4.69) is 5.32 Å². The zero-order valence-electron chi connectivity index (χ0n) is 12.8. The molecule has 20 heavy (non-hydrogen) atoms. The molecule has 0 aliphatic heterocycles. The van der Waals surface area contributed by atoms with Crippen molar-refractivity contribution < 1.29 is 13.2 Å². The largest absolute Gasteiger partial charge is 0.356 e. The van der Waals surface area contributed by atoms with E-state index >= 15 is 0 Å². The van der Waals surface area contributed by atoms with Gasteiger partial charge in [0.1, 0.15) is 0 Å². The minimum absolute atomic E-state index is 0.0370. The predicted molar refractivity (Wildman–Crippen MR) is 83.1 cm³/mol. The van der Waals surface area contributed by atoms with Crippen LogP contribution in [-0.2, 0) is 14.6 Å². The van der Waals surface area contributed by atoms with Gasteiger partial charge in [-0.2, -0.15) is 0 Å². The number of allylic oxidation sites excluding steroid dienone is 2. The minimum atomic E-state index is -3.02. The van der Waals surface area contributed by atoms with E-state index in [9.17, 15) is 13.2 Å². The molecular weight excluding hydrogens is 276 g/mol. The summed E-state index contributed by atoms with van der Waals surface area (Å²) in [6.07, 6.45) is 5.58. The van der Waals surface area contributed by atoms with E-state index in [-0.39, 0.29) is 17.6 Å². The normalized spacial score (nSPS) is 15.1. The van der Waals surface area contributed by atoms with Crippen LogP contribution in [0, 0.1) is 5.92 Å². The van der Waals surface area contributed by atoms with Crippen LogP contribution in [0.2, 0.25) is 0 Å². The van der Waals surface area contributed by atoms with Crippen LogP contribution in [0.1, 0.15) is 27.2 Å². The number of hydrogen-bond donors (Lipinski definition) is 2. The molecule has 0 bridgehead atoms. The molecule has 0 fully saturated rings. The molecule has 0 spiro atoms. The molecule has 5 nitrogen and oxygen atoms in total. The number of carbonyl (C=O) groups is 1. The first-order valence-corrected chi connectivity index (χ1v) is 8.73. The van der Waals surface area contributed by atoms with Crippen LogP contribution in [-0.4, -0.2) is 39.4 Å². The van der Waals surface area contributed by atoms with Gasteiger partial charge in [-0.05, 0) is 26.8 Å². The van der Waals surface area contributed by atoms with Crippen LogP contribution in [0.25, 0.3) is 0 Å². The Balaban J connectivity index is 4.55. The van der Waals surface area contributed by atoms with Crippen LogP contribution in [0.3, 0.4) is 0 Å². The highest BCUT2D eigenvalue weighted by atomic mass is 32.2. The third kappa shape index (κ3) is 9.75. The third-order valence-corrected chi connectivity index (χ3v) is 3.55. The molecule has 0 aliphatic rings. The van der Waals surface area contributed by atoms with Gasteiger partial charge in [0.05, 0.1) is 11.7 Å².